The van der Waals surface area contributed by atoms with Crippen LogP contribution in [0.25, 0.3) is 0 Å². The van der Waals surface area contributed by atoms with Crippen molar-refractivity contribution in [2.45, 2.75) is 30.5 Å². The monoisotopic (exact) mass is 310 g/mol. The van der Waals surface area contributed by atoms with E-state index in [9.17, 15) is 8.42 Å². The number of halogens is 1. The lowest BCUT2D eigenvalue weighted by atomic mass is 10.3. The van der Waals surface area contributed by atoms with Gasteiger partial charge < -0.3 is 5.32 Å². The summed E-state index contributed by atoms with van der Waals surface area (Å²) in [6.07, 6.45) is 0.886. The number of piperazine rings is 1. The first-order valence-electron chi connectivity index (χ1n) is 5.87. The van der Waals surface area contributed by atoms with Crippen LogP contribution in [0.2, 0.25) is 0 Å². The van der Waals surface area contributed by atoms with Crippen LogP contribution < -0.4 is 5.32 Å². The molecule has 1 fully saturated rings. The minimum Gasteiger partial charge on any atom is -0.314 e. The van der Waals surface area contributed by atoms with Crippen LogP contribution in [-0.4, -0.2) is 38.4 Å². The van der Waals surface area contributed by atoms with E-state index in [4.69, 9.17) is 0 Å². The van der Waals surface area contributed by atoms with Crippen molar-refractivity contribution in [2.75, 3.05) is 19.6 Å². The van der Waals surface area contributed by atoms with Crippen LogP contribution in [0.4, 0.5) is 0 Å². The van der Waals surface area contributed by atoms with Gasteiger partial charge in [-0.1, -0.05) is 6.92 Å². The fraction of sp³-hybridized carbons (Fsp3) is 0.636. The summed E-state index contributed by atoms with van der Waals surface area (Å²) in [6.45, 7) is 6.00. The standard InChI is InChI=1S/C11H18N2O2S2.ClH/c1-3-10-4-5-11(16-10)17(14,15)13-7-6-12-8-9(13)2;/h4-5,9,12H,3,6-8H2,1-2H3;1H/t9-;/m0./s1. The molecule has 1 aromatic rings. The molecular weight excluding hydrogens is 292 g/mol. The highest BCUT2D eigenvalue weighted by Gasteiger charge is 2.31. The molecule has 0 aliphatic carbocycles. The molecule has 1 atom stereocenters. The van der Waals surface area contributed by atoms with E-state index in [2.05, 4.69) is 5.32 Å². The maximum atomic E-state index is 12.4. The van der Waals surface area contributed by atoms with Gasteiger partial charge in [0.1, 0.15) is 4.21 Å². The van der Waals surface area contributed by atoms with E-state index >= 15 is 0 Å². The van der Waals surface area contributed by atoms with Crippen molar-refractivity contribution in [2.24, 2.45) is 0 Å². The summed E-state index contributed by atoms with van der Waals surface area (Å²) in [5, 5.41) is 3.20. The van der Waals surface area contributed by atoms with E-state index in [0.29, 0.717) is 10.8 Å². The van der Waals surface area contributed by atoms with Gasteiger partial charge in [0, 0.05) is 30.6 Å². The summed E-state index contributed by atoms with van der Waals surface area (Å²) < 4.78 is 27.0. The maximum Gasteiger partial charge on any atom is 0.252 e. The molecule has 1 saturated heterocycles. The zero-order chi connectivity index (χ0) is 12.5. The average molecular weight is 311 g/mol. The van der Waals surface area contributed by atoms with Gasteiger partial charge in [0.15, 0.2) is 0 Å². The number of aryl methyl sites for hydroxylation is 1. The Morgan fingerprint density at radius 3 is 2.78 bits per heavy atom. The van der Waals surface area contributed by atoms with Gasteiger partial charge >= 0.3 is 0 Å². The molecule has 2 heterocycles. The second-order valence-corrected chi connectivity index (χ2v) is 7.53. The van der Waals surface area contributed by atoms with E-state index in [1.165, 1.54) is 11.3 Å². The number of nitrogens with zero attached hydrogens (tertiary/aromatic N) is 1. The van der Waals surface area contributed by atoms with Gasteiger partial charge in [0.05, 0.1) is 0 Å². The first-order valence-corrected chi connectivity index (χ1v) is 8.12. The minimum atomic E-state index is -3.29. The SMILES string of the molecule is CCc1ccc(S(=O)(=O)N2CCNC[C@@H]2C)s1.Cl. The molecule has 104 valence electrons. The molecule has 1 aliphatic heterocycles. The number of hydrogen-bond acceptors (Lipinski definition) is 4. The van der Waals surface area contributed by atoms with Gasteiger partial charge in [-0.05, 0) is 25.5 Å². The molecule has 0 bridgehead atoms. The Kier molecular flexibility index (Phi) is 5.61. The highest BCUT2D eigenvalue weighted by Crippen LogP contribution is 2.26. The Labute approximate surface area is 119 Å². The lowest BCUT2D eigenvalue weighted by molar-refractivity contribution is 0.284. The fourth-order valence-corrected chi connectivity index (χ4v) is 5.04. The van der Waals surface area contributed by atoms with Crippen LogP contribution in [0, 0.1) is 0 Å². The molecular formula is C11H19ClN2O2S2. The molecule has 2 rings (SSSR count). The molecule has 7 heteroatoms. The zero-order valence-corrected chi connectivity index (χ0v) is 13.0. The highest BCUT2D eigenvalue weighted by atomic mass is 35.5. The third kappa shape index (κ3) is 3.05. The van der Waals surface area contributed by atoms with Gasteiger partial charge in [-0.2, -0.15) is 4.31 Å². The zero-order valence-electron chi connectivity index (χ0n) is 10.5. The Morgan fingerprint density at radius 1 is 1.50 bits per heavy atom. The van der Waals surface area contributed by atoms with Crippen LogP contribution in [0.5, 0.6) is 0 Å². The Morgan fingerprint density at radius 2 is 2.22 bits per heavy atom. The molecule has 0 spiro atoms. The van der Waals surface area contributed by atoms with E-state index in [1.54, 1.807) is 10.4 Å². The first kappa shape index (κ1) is 15.9. The van der Waals surface area contributed by atoms with E-state index in [1.807, 2.05) is 19.9 Å². The lowest BCUT2D eigenvalue weighted by Crippen LogP contribution is -2.51. The van der Waals surface area contributed by atoms with Crippen molar-refractivity contribution in [1.82, 2.24) is 9.62 Å². The van der Waals surface area contributed by atoms with E-state index in [0.717, 1.165) is 24.4 Å². The minimum absolute atomic E-state index is 0. The highest BCUT2D eigenvalue weighted by molar-refractivity contribution is 7.91. The van der Waals surface area contributed by atoms with Crippen molar-refractivity contribution in [3.8, 4) is 0 Å². The predicted octanol–water partition coefficient (Wildman–Crippen LogP) is 1.71. The van der Waals surface area contributed by atoms with Crippen molar-refractivity contribution in [1.29, 1.82) is 0 Å². The van der Waals surface area contributed by atoms with Crippen LogP contribution in [-0.2, 0) is 16.4 Å². The summed E-state index contributed by atoms with van der Waals surface area (Å²) in [5.41, 5.74) is 0. The van der Waals surface area contributed by atoms with E-state index < -0.39 is 10.0 Å². The summed E-state index contributed by atoms with van der Waals surface area (Å²) in [7, 11) is -3.29. The van der Waals surface area contributed by atoms with Crippen LogP contribution in [0.1, 0.15) is 18.7 Å². The number of nitrogens with one attached hydrogen (secondary N) is 1. The van der Waals surface area contributed by atoms with Gasteiger partial charge in [0.2, 0.25) is 0 Å². The normalized spacial score (nSPS) is 21.6. The second-order valence-electron chi connectivity index (χ2n) is 4.24. The van der Waals surface area contributed by atoms with Gasteiger partial charge in [-0.3, -0.25) is 0 Å². The Bertz CT molecular complexity index is 487. The topological polar surface area (TPSA) is 49.4 Å². The number of thiophene rings is 1. The Balaban J connectivity index is 0.00000162. The molecule has 4 nitrogen and oxygen atoms in total. The van der Waals surface area contributed by atoms with Gasteiger partial charge in [-0.15, -0.1) is 23.7 Å². The lowest BCUT2D eigenvalue weighted by Gasteiger charge is -2.32. The molecule has 18 heavy (non-hydrogen) atoms. The largest absolute Gasteiger partial charge is 0.314 e. The summed E-state index contributed by atoms with van der Waals surface area (Å²) in [4.78, 5) is 1.12. The maximum absolute atomic E-state index is 12.4. The fourth-order valence-electron chi connectivity index (χ4n) is 1.98. The average Bonchev–Trinajstić information content (AvgIpc) is 2.78. The molecule has 1 aliphatic rings. The van der Waals surface area contributed by atoms with Crippen molar-refractivity contribution < 1.29 is 8.42 Å². The van der Waals surface area contributed by atoms with Crippen molar-refractivity contribution >= 4 is 33.8 Å². The first-order chi connectivity index (χ1) is 8.05. The van der Waals surface area contributed by atoms with Crippen molar-refractivity contribution in [3.05, 3.63) is 17.0 Å². The number of rotatable bonds is 3. The molecule has 0 saturated carbocycles. The van der Waals surface area contributed by atoms with Crippen LogP contribution in [0.15, 0.2) is 16.3 Å². The molecule has 0 aromatic carbocycles. The third-order valence-electron chi connectivity index (χ3n) is 2.99. The number of sulfonamides is 1. The summed E-state index contributed by atoms with van der Waals surface area (Å²) >= 11 is 1.39. The molecule has 1 aromatic heterocycles. The molecule has 0 amide bonds. The van der Waals surface area contributed by atoms with Crippen molar-refractivity contribution in [3.63, 3.8) is 0 Å². The van der Waals surface area contributed by atoms with E-state index in [-0.39, 0.29) is 18.4 Å². The smallest absolute Gasteiger partial charge is 0.252 e. The summed E-state index contributed by atoms with van der Waals surface area (Å²) in [5.74, 6) is 0. The molecule has 1 N–H and O–H groups in total. The van der Waals surface area contributed by atoms with Crippen LogP contribution >= 0.6 is 23.7 Å². The second kappa shape index (κ2) is 6.34. The molecule has 0 unspecified atom stereocenters. The number of hydrogen-bond donors (Lipinski definition) is 1. The quantitative estimate of drug-likeness (QED) is 0.925. The van der Waals surface area contributed by atoms with Gasteiger partial charge in [-0.25, -0.2) is 8.42 Å². The van der Waals surface area contributed by atoms with Crippen LogP contribution in [0.3, 0.4) is 0 Å². The summed E-state index contributed by atoms with van der Waals surface area (Å²) in [6, 6.07) is 3.67. The third-order valence-corrected chi connectivity index (χ3v) is 6.70. The Hall–Kier alpha value is -0.140. The van der Waals surface area contributed by atoms with Gasteiger partial charge in [0.25, 0.3) is 10.0 Å². The predicted molar refractivity (Wildman–Crippen MR) is 77.2 cm³/mol. The molecule has 0 radical (unpaired) electrons.